The summed E-state index contributed by atoms with van der Waals surface area (Å²) in [5.74, 6) is 1.68. The lowest BCUT2D eigenvalue weighted by atomic mass is 9.99. The highest BCUT2D eigenvalue weighted by molar-refractivity contribution is 5.87. The van der Waals surface area contributed by atoms with E-state index in [1.54, 1.807) is 14.0 Å². The summed E-state index contributed by atoms with van der Waals surface area (Å²) in [7, 11) is 1.68. The summed E-state index contributed by atoms with van der Waals surface area (Å²) >= 11 is 0. The average Bonchev–Trinajstić information content (AvgIpc) is 2.67. The molecule has 0 saturated carbocycles. The minimum Gasteiger partial charge on any atom is -0.497 e. The van der Waals surface area contributed by atoms with Gasteiger partial charge in [-0.2, -0.15) is 0 Å². The van der Waals surface area contributed by atoms with E-state index in [-0.39, 0.29) is 5.63 Å². The maximum Gasteiger partial charge on any atom is 0.339 e. The van der Waals surface area contributed by atoms with Crippen molar-refractivity contribution in [2.45, 2.75) is 33.9 Å². The van der Waals surface area contributed by atoms with E-state index < -0.39 is 0 Å². The molecule has 1 aromatic heterocycles. The molecule has 1 aliphatic rings. The molecule has 2 heterocycles. The Bertz CT molecular complexity index is 1080. The largest absolute Gasteiger partial charge is 0.497 e. The lowest BCUT2D eigenvalue weighted by Gasteiger charge is -2.30. The van der Waals surface area contributed by atoms with Crippen molar-refractivity contribution < 1.29 is 13.9 Å². The van der Waals surface area contributed by atoms with Gasteiger partial charge in [0.1, 0.15) is 23.8 Å². The Labute approximate surface area is 158 Å². The van der Waals surface area contributed by atoms with Crippen LogP contribution in [-0.2, 0) is 13.1 Å². The lowest BCUT2D eigenvalue weighted by Crippen LogP contribution is -2.32. The van der Waals surface area contributed by atoms with Gasteiger partial charge in [-0.1, -0.05) is 12.1 Å². The monoisotopic (exact) mass is 365 g/mol. The molecule has 4 rings (SSSR count). The number of aryl methyl sites for hydroxylation is 2. The van der Waals surface area contributed by atoms with Gasteiger partial charge in [-0.15, -0.1) is 0 Å². The standard InChI is InChI=1S/C22H23NO4/c1-13-14(2)22(24)27-21-15(3)20-17(9-19(13)21)11-23(12-26-20)10-16-6-5-7-18(8-16)25-4/h5-9H,10-12H2,1-4H3. The predicted molar refractivity (Wildman–Crippen MR) is 104 cm³/mol. The fourth-order valence-corrected chi connectivity index (χ4v) is 3.68. The number of hydrogen-bond acceptors (Lipinski definition) is 5. The Balaban J connectivity index is 1.69. The predicted octanol–water partition coefficient (Wildman–Crippen LogP) is 4.08. The van der Waals surface area contributed by atoms with Crippen LogP contribution in [0.3, 0.4) is 0 Å². The molecule has 0 amide bonds. The van der Waals surface area contributed by atoms with Crippen molar-refractivity contribution in [2.24, 2.45) is 0 Å². The molecule has 0 N–H and O–H groups in total. The van der Waals surface area contributed by atoms with E-state index in [9.17, 15) is 4.79 Å². The lowest BCUT2D eigenvalue weighted by molar-refractivity contribution is 0.0880. The number of rotatable bonds is 3. The van der Waals surface area contributed by atoms with Crippen molar-refractivity contribution in [3.63, 3.8) is 0 Å². The van der Waals surface area contributed by atoms with Gasteiger partial charge in [-0.05, 0) is 50.1 Å². The molecule has 0 aliphatic carbocycles. The van der Waals surface area contributed by atoms with E-state index in [4.69, 9.17) is 13.9 Å². The number of ether oxygens (including phenoxy) is 2. The number of methoxy groups -OCH3 is 1. The Morgan fingerprint density at radius 1 is 1.11 bits per heavy atom. The Kier molecular flexibility index (Phi) is 4.40. The molecule has 5 heteroatoms. The van der Waals surface area contributed by atoms with Gasteiger partial charge in [-0.3, -0.25) is 4.90 Å². The van der Waals surface area contributed by atoms with Crippen molar-refractivity contribution in [3.05, 3.63) is 68.6 Å². The number of benzene rings is 2. The minimum absolute atomic E-state index is 0.279. The Morgan fingerprint density at radius 2 is 1.93 bits per heavy atom. The first-order valence-corrected chi connectivity index (χ1v) is 9.02. The van der Waals surface area contributed by atoms with Crippen molar-refractivity contribution in [1.29, 1.82) is 0 Å². The topological polar surface area (TPSA) is 51.9 Å². The van der Waals surface area contributed by atoms with Gasteiger partial charge < -0.3 is 13.9 Å². The molecule has 140 valence electrons. The molecule has 3 aromatic rings. The zero-order valence-electron chi connectivity index (χ0n) is 16.1. The molecular weight excluding hydrogens is 342 g/mol. The quantitative estimate of drug-likeness (QED) is 0.655. The van der Waals surface area contributed by atoms with E-state index in [0.29, 0.717) is 17.9 Å². The zero-order valence-corrected chi connectivity index (χ0v) is 16.1. The molecule has 1 aliphatic heterocycles. The van der Waals surface area contributed by atoms with Crippen molar-refractivity contribution in [1.82, 2.24) is 4.90 Å². The molecule has 2 aromatic carbocycles. The third-order valence-electron chi connectivity index (χ3n) is 5.33. The zero-order chi connectivity index (χ0) is 19.1. The van der Waals surface area contributed by atoms with Gasteiger partial charge in [0.25, 0.3) is 0 Å². The molecule has 5 nitrogen and oxygen atoms in total. The van der Waals surface area contributed by atoms with E-state index in [0.717, 1.165) is 46.7 Å². The summed E-state index contributed by atoms with van der Waals surface area (Å²) in [5, 5.41) is 0.982. The Hall–Kier alpha value is -2.79. The maximum atomic E-state index is 12.1. The maximum absolute atomic E-state index is 12.1. The summed E-state index contributed by atoms with van der Waals surface area (Å²) in [6.45, 7) is 7.78. The second-order valence-corrected chi connectivity index (χ2v) is 7.12. The van der Waals surface area contributed by atoms with Gasteiger partial charge in [0.05, 0.1) is 7.11 Å². The van der Waals surface area contributed by atoms with Crippen LogP contribution in [0.2, 0.25) is 0 Å². The minimum atomic E-state index is -0.279. The Morgan fingerprint density at radius 3 is 2.70 bits per heavy atom. The molecule has 0 unspecified atom stereocenters. The molecule has 0 radical (unpaired) electrons. The third kappa shape index (κ3) is 3.08. The van der Waals surface area contributed by atoms with Crippen LogP contribution in [0.5, 0.6) is 11.5 Å². The molecule has 0 bridgehead atoms. The van der Waals surface area contributed by atoms with Crippen LogP contribution in [0.4, 0.5) is 0 Å². The summed E-state index contributed by atoms with van der Waals surface area (Å²) in [6, 6.07) is 10.2. The van der Waals surface area contributed by atoms with Crippen LogP contribution in [0.25, 0.3) is 11.0 Å². The molecule has 27 heavy (non-hydrogen) atoms. The average molecular weight is 365 g/mol. The van der Waals surface area contributed by atoms with E-state index in [1.165, 1.54) is 5.56 Å². The van der Waals surface area contributed by atoms with Crippen LogP contribution < -0.4 is 15.1 Å². The van der Waals surface area contributed by atoms with Gasteiger partial charge in [0.15, 0.2) is 0 Å². The second-order valence-electron chi connectivity index (χ2n) is 7.12. The number of nitrogens with zero attached hydrogens (tertiary/aromatic N) is 1. The van der Waals surface area contributed by atoms with E-state index >= 15 is 0 Å². The summed E-state index contributed by atoms with van der Waals surface area (Å²) < 4.78 is 16.9. The summed E-state index contributed by atoms with van der Waals surface area (Å²) in [4.78, 5) is 14.3. The molecule has 0 saturated heterocycles. The van der Waals surface area contributed by atoms with E-state index in [1.807, 2.05) is 32.0 Å². The fourth-order valence-electron chi connectivity index (χ4n) is 3.68. The van der Waals surface area contributed by atoms with Crippen molar-refractivity contribution in [3.8, 4) is 11.5 Å². The fraction of sp³-hybridized carbons (Fsp3) is 0.318. The van der Waals surface area contributed by atoms with Gasteiger partial charge in [0.2, 0.25) is 0 Å². The van der Waals surface area contributed by atoms with Crippen molar-refractivity contribution >= 4 is 11.0 Å². The van der Waals surface area contributed by atoms with Crippen LogP contribution >= 0.6 is 0 Å². The van der Waals surface area contributed by atoms with Gasteiger partial charge >= 0.3 is 5.63 Å². The van der Waals surface area contributed by atoms with Crippen LogP contribution in [0, 0.1) is 20.8 Å². The number of fused-ring (bicyclic) bond motifs is 2. The molecule has 0 fully saturated rings. The highest BCUT2D eigenvalue weighted by Gasteiger charge is 2.23. The first kappa shape index (κ1) is 17.6. The summed E-state index contributed by atoms with van der Waals surface area (Å²) in [5.41, 5.74) is 5.16. The molecule has 0 atom stereocenters. The SMILES string of the molecule is COc1cccc(CN2COc3c(cc4c(C)c(C)c(=O)oc4c3C)C2)c1. The van der Waals surface area contributed by atoms with Crippen molar-refractivity contribution in [2.75, 3.05) is 13.8 Å². The highest BCUT2D eigenvalue weighted by Crippen LogP contribution is 2.36. The first-order chi connectivity index (χ1) is 13.0. The second kappa shape index (κ2) is 6.74. The first-order valence-electron chi connectivity index (χ1n) is 9.02. The smallest absolute Gasteiger partial charge is 0.339 e. The van der Waals surface area contributed by atoms with Gasteiger partial charge in [-0.25, -0.2) is 4.79 Å². The van der Waals surface area contributed by atoms with E-state index in [2.05, 4.69) is 17.0 Å². The number of hydrogen-bond donors (Lipinski definition) is 0. The normalized spacial score (nSPS) is 14.1. The van der Waals surface area contributed by atoms with Crippen LogP contribution in [-0.4, -0.2) is 18.7 Å². The highest BCUT2D eigenvalue weighted by atomic mass is 16.5. The molecular formula is C22H23NO4. The van der Waals surface area contributed by atoms with Gasteiger partial charge in [0, 0.05) is 35.2 Å². The summed E-state index contributed by atoms with van der Waals surface area (Å²) in [6.07, 6.45) is 0. The molecule has 0 spiro atoms. The van der Waals surface area contributed by atoms with Crippen LogP contribution in [0.1, 0.15) is 27.8 Å². The third-order valence-corrected chi connectivity index (χ3v) is 5.33. The van der Waals surface area contributed by atoms with Crippen LogP contribution in [0.15, 0.2) is 39.5 Å².